The van der Waals surface area contributed by atoms with Crippen molar-refractivity contribution in [1.82, 2.24) is 25.8 Å². The SMILES string of the molecule is Fc1cc(Cl)cc(-c2onnc2-c2cn[nH]n2)c1. The van der Waals surface area contributed by atoms with Crippen LogP contribution < -0.4 is 0 Å². The van der Waals surface area contributed by atoms with Gasteiger partial charge in [0.05, 0.1) is 6.20 Å². The molecule has 0 aliphatic rings. The van der Waals surface area contributed by atoms with Gasteiger partial charge in [-0.15, -0.1) is 5.10 Å². The molecule has 0 spiro atoms. The van der Waals surface area contributed by atoms with E-state index in [9.17, 15) is 4.39 Å². The van der Waals surface area contributed by atoms with Crippen LogP contribution in [-0.4, -0.2) is 25.8 Å². The van der Waals surface area contributed by atoms with Gasteiger partial charge in [0.15, 0.2) is 11.5 Å². The zero-order valence-electron chi connectivity index (χ0n) is 8.76. The number of hydrogen-bond acceptors (Lipinski definition) is 5. The van der Waals surface area contributed by atoms with Crippen LogP contribution >= 0.6 is 11.6 Å². The number of benzene rings is 1. The largest absolute Gasteiger partial charge is 0.336 e. The Morgan fingerprint density at radius 3 is 2.89 bits per heavy atom. The van der Waals surface area contributed by atoms with Gasteiger partial charge in [0.1, 0.15) is 11.5 Å². The Labute approximate surface area is 105 Å². The molecule has 3 rings (SSSR count). The highest BCUT2D eigenvalue weighted by atomic mass is 35.5. The molecule has 1 aromatic carbocycles. The Balaban J connectivity index is 2.15. The lowest BCUT2D eigenvalue weighted by Gasteiger charge is -1.99. The van der Waals surface area contributed by atoms with Gasteiger partial charge < -0.3 is 4.52 Å². The Morgan fingerprint density at radius 1 is 1.28 bits per heavy atom. The highest BCUT2D eigenvalue weighted by molar-refractivity contribution is 6.30. The number of nitrogens with one attached hydrogen (secondary N) is 1. The Bertz CT molecular complexity index is 661. The molecule has 0 saturated carbocycles. The quantitative estimate of drug-likeness (QED) is 0.769. The second-order valence-electron chi connectivity index (χ2n) is 3.46. The fourth-order valence-electron chi connectivity index (χ4n) is 1.55. The minimum atomic E-state index is -0.472. The summed E-state index contributed by atoms with van der Waals surface area (Å²) in [6.07, 6.45) is 1.46. The number of rotatable bonds is 2. The fraction of sp³-hybridized carbons (Fsp3) is 0. The molecule has 0 saturated heterocycles. The molecule has 0 aliphatic heterocycles. The normalized spacial score (nSPS) is 10.8. The molecule has 6 nitrogen and oxygen atoms in total. The summed E-state index contributed by atoms with van der Waals surface area (Å²) in [7, 11) is 0. The summed E-state index contributed by atoms with van der Waals surface area (Å²) >= 11 is 5.79. The van der Waals surface area contributed by atoms with Crippen molar-refractivity contribution in [3.05, 3.63) is 35.2 Å². The Kier molecular flexibility index (Phi) is 2.52. The molecule has 18 heavy (non-hydrogen) atoms. The smallest absolute Gasteiger partial charge is 0.197 e. The molecule has 2 heterocycles. The van der Waals surface area contributed by atoms with Gasteiger partial charge in [0.2, 0.25) is 0 Å². The molecule has 0 radical (unpaired) electrons. The molecule has 0 aliphatic carbocycles. The summed E-state index contributed by atoms with van der Waals surface area (Å²) in [6.45, 7) is 0. The van der Waals surface area contributed by atoms with Crippen molar-refractivity contribution in [3.8, 4) is 22.7 Å². The van der Waals surface area contributed by atoms with Gasteiger partial charge in [-0.1, -0.05) is 11.6 Å². The zero-order chi connectivity index (χ0) is 12.5. The van der Waals surface area contributed by atoms with Crippen LogP contribution in [0.1, 0.15) is 0 Å². The predicted molar refractivity (Wildman–Crippen MR) is 60.1 cm³/mol. The van der Waals surface area contributed by atoms with Crippen LogP contribution in [0.5, 0.6) is 0 Å². The van der Waals surface area contributed by atoms with Crippen LogP contribution in [0.25, 0.3) is 22.7 Å². The third kappa shape index (κ3) is 1.84. The third-order valence-electron chi connectivity index (χ3n) is 2.27. The number of H-pyrrole nitrogens is 1. The lowest BCUT2D eigenvalue weighted by atomic mass is 10.1. The number of nitrogens with zero attached hydrogens (tertiary/aromatic N) is 4. The summed E-state index contributed by atoms with van der Waals surface area (Å²) in [5, 5.41) is 17.5. The second-order valence-corrected chi connectivity index (χ2v) is 3.90. The maximum Gasteiger partial charge on any atom is 0.197 e. The van der Waals surface area contributed by atoms with E-state index in [2.05, 4.69) is 25.8 Å². The van der Waals surface area contributed by atoms with Gasteiger partial charge in [-0.3, -0.25) is 0 Å². The molecule has 0 bridgehead atoms. The fourth-order valence-corrected chi connectivity index (χ4v) is 1.77. The van der Waals surface area contributed by atoms with Crippen molar-refractivity contribution in [2.75, 3.05) is 0 Å². The van der Waals surface area contributed by atoms with Gasteiger partial charge in [-0.05, 0) is 18.2 Å². The monoisotopic (exact) mass is 265 g/mol. The highest BCUT2D eigenvalue weighted by Gasteiger charge is 2.17. The number of hydrogen-bond donors (Lipinski definition) is 1. The van der Waals surface area contributed by atoms with Gasteiger partial charge >= 0.3 is 0 Å². The van der Waals surface area contributed by atoms with Crippen LogP contribution in [0.3, 0.4) is 0 Å². The molecule has 90 valence electrons. The van der Waals surface area contributed by atoms with Crippen LogP contribution in [0, 0.1) is 5.82 Å². The third-order valence-corrected chi connectivity index (χ3v) is 2.49. The zero-order valence-corrected chi connectivity index (χ0v) is 9.52. The van der Waals surface area contributed by atoms with Crippen LogP contribution in [0.15, 0.2) is 28.9 Å². The first-order valence-corrected chi connectivity index (χ1v) is 5.27. The minimum Gasteiger partial charge on any atom is -0.336 e. The Hall–Kier alpha value is -2.28. The first-order valence-electron chi connectivity index (χ1n) is 4.89. The van der Waals surface area contributed by atoms with E-state index in [0.29, 0.717) is 17.0 Å². The van der Waals surface area contributed by atoms with E-state index in [1.165, 1.54) is 18.3 Å². The molecule has 0 amide bonds. The second kappa shape index (κ2) is 4.19. The van der Waals surface area contributed by atoms with Crippen LogP contribution in [0.2, 0.25) is 5.02 Å². The summed E-state index contributed by atoms with van der Waals surface area (Å²) < 4.78 is 18.3. The van der Waals surface area contributed by atoms with Crippen LogP contribution in [-0.2, 0) is 0 Å². The van der Waals surface area contributed by atoms with E-state index < -0.39 is 5.82 Å². The lowest BCUT2D eigenvalue weighted by Crippen LogP contribution is -1.85. The average molecular weight is 266 g/mol. The van der Waals surface area contributed by atoms with E-state index in [-0.39, 0.29) is 10.8 Å². The van der Waals surface area contributed by atoms with E-state index in [0.717, 1.165) is 0 Å². The van der Waals surface area contributed by atoms with Crippen molar-refractivity contribution in [2.45, 2.75) is 0 Å². The lowest BCUT2D eigenvalue weighted by molar-refractivity contribution is 0.403. The summed E-state index contributed by atoms with van der Waals surface area (Å²) in [5.41, 5.74) is 1.25. The van der Waals surface area contributed by atoms with E-state index in [4.69, 9.17) is 16.1 Å². The summed E-state index contributed by atoms with van der Waals surface area (Å²) in [6, 6.07) is 4.03. The van der Waals surface area contributed by atoms with Gasteiger partial charge in [-0.25, -0.2) is 4.39 Å². The number of aromatic amines is 1. The maximum atomic E-state index is 13.3. The summed E-state index contributed by atoms with van der Waals surface area (Å²) in [4.78, 5) is 0. The summed E-state index contributed by atoms with van der Waals surface area (Å²) in [5.74, 6) is -0.190. The first kappa shape index (κ1) is 10.8. The Morgan fingerprint density at radius 2 is 2.17 bits per heavy atom. The minimum absolute atomic E-state index is 0.257. The number of aromatic nitrogens is 5. The van der Waals surface area contributed by atoms with Crippen molar-refractivity contribution >= 4 is 11.6 Å². The van der Waals surface area contributed by atoms with E-state index in [1.54, 1.807) is 6.07 Å². The molecule has 8 heteroatoms. The van der Waals surface area contributed by atoms with Gasteiger partial charge in [-0.2, -0.15) is 15.4 Å². The van der Waals surface area contributed by atoms with Crippen molar-refractivity contribution in [2.24, 2.45) is 0 Å². The highest BCUT2D eigenvalue weighted by Crippen LogP contribution is 2.30. The molecule has 3 aromatic rings. The molecular formula is C10H5ClFN5O. The first-order chi connectivity index (χ1) is 8.74. The topological polar surface area (TPSA) is 80.5 Å². The van der Waals surface area contributed by atoms with Crippen molar-refractivity contribution in [1.29, 1.82) is 0 Å². The van der Waals surface area contributed by atoms with E-state index in [1.807, 2.05) is 0 Å². The molecule has 0 fully saturated rings. The van der Waals surface area contributed by atoms with Crippen LogP contribution in [0.4, 0.5) is 4.39 Å². The van der Waals surface area contributed by atoms with Gasteiger partial charge in [0, 0.05) is 15.9 Å². The maximum absolute atomic E-state index is 13.3. The molecule has 1 N–H and O–H groups in total. The molecular weight excluding hydrogens is 261 g/mol. The molecule has 0 atom stereocenters. The predicted octanol–water partition coefficient (Wildman–Crippen LogP) is 2.31. The van der Waals surface area contributed by atoms with Crippen molar-refractivity contribution < 1.29 is 8.91 Å². The standard InChI is InChI=1S/C10H5ClFN5O/c11-6-1-5(2-7(12)3-6)10-9(15-17-18-10)8-4-13-16-14-8/h1-4H,(H,13,14,16). The molecule has 0 unspecified atom stereocenters. The average Bonchev–Trinajstić information content (AvgIpc) is 2.98. The molecule has 2 aromatic heterocycles. The van der Waals surface area contributed by atoms with E-state index >= 15 is 0 Å². The number of halogens is 2. The van der Waals surface area contributed by atoms with Crippen molar-refractivity contribution in [3.63, 3.8) is 0 Å². The van der Waals surface area contributed by atoms with Gasteiger partial charge in [0.25, 0.3) is 0 Å².